The van der Waals surface area contributed by atoms with Crippen LogP contribution in [-0.2, 0) is 9.53 Å². The highest BCUT2D eigenvalue weighted by Crippen LogP contribution is 2.09. The van der Waals surface area contributed by atoms with Crippen LogP contribution in [0.2, 0.25) is 0 Å². The highest BCUT2D eigenvalue weighted by atomic mass is 16.6. The normalized spacial score (nSPS) is 12.2. The van der Waals surface area contributed by atoms with E-state index in [0.717, 1.165) is 0 Å². The molecule has 0 aliphatic rings. The number of nitrogens with one attached hydrogen (secondary N) is 1. The third-order valence-corrected chi connectivity index (χ3v) is 2.04. The molecule has 1 aromatic heterocycles. The largest absolute Gasteiger partial charge is 0.472 e. The fraction of sp³-hybridized carbons (Fsp3) is 0.700. The maximum Gasteiger partial charge on any atom is 0.278 e. The lowest BCUT2D eigenvalue weighted by molar-refractivity contribution is -0.131. The van der Waals surface area contributed by atoms with Gasteiger partial charge in [-0.25, -0.2) is 4.63 Å². The molecule has 0 aliphatic carbocycles. The summed E-state index contributed by atoms with van der Waals surface area (Å²) in [6.07, 6.45) is -0.449. The van der Waals surface area contributed by atoms with Crippen molar-refractivity contribution in [3.63, 3.8) is 0 Å². The van der Waals surface area contributed by atoms with Gasteiger partial charge in [0.15, 0.2) is 0 Å². The Labute approximate surface area is 99.4 Å². The van der Waals surface area contributed by atoms with E-state index in [2.05, 4.69) is 20.3 Å². The van der Waals surface area contributed by atoms with Gasteiger partial charge in [0.1, 0.15) is 18.4 Å². The first-order valence-electron chi connectivity index (χ1n) is 5.46. The maximum absolute atomic E-state index is 11.4. The van der Waals surface area contributed by atoms with Gasteiger partial charge in [-0.2, -0.15) is 0 Å². The van der Waals surface area contributed by atoms with Crippen LogP contribution in [0.25, 0.3) is 0 Å². The molecule has 0 spiro atoms. The van der Waals surface area contributed by atoms with Crippen LogP contribution in [0.1, 0.15) is 19.5 Å². The van der Waals surface area contributed by atoms with Gasteiger partial charge in [0.2, 0.25) is 5.91 Å². The van der Waals surface area contributed by atoms with E-state index in [1.54, 1.807) is 13.8 Å². The van der Waals surface area contributed by atoms with Crippen LogP contribution in [0.3, 0.4) is 0 Å². The van der Waals surface area contributed by atoms with Gasteiger partial charge in [0.05, 0.1) is 6.54 Å². The predicted octanol–water partition coefficient (Wildman–Crippen LogP) is 0.298. The van der Waals surface area contributed by atoms with Crippen molar-refractivity contribution >= 4 is 5.91 Å². The smallest absolute Gasteiger partial charge is 0.278 e. The van der Waals surface area contributed by atoms with Crippen LogP contribution in [-0.4, -0.2) is 42.1 Å². The quantitative estimate of drug-likeness (QED) is 0.693. The summed E-state index contributed by atoms with van der Waals surface area (Å²) < 4.78 is 14.8. The second-order valence-corrected chi connectivity index (χ2v) is 3.39. The first kappa shape index (κ1) is 13.4. The number of amides is 1. The molecule has 0 aliphatic heterocycles. The molecule has 7 heteroatoms. The van der Waals surface area contributed by atoms with Gasteiger partial charge in [-0.3, -0.25) is 4.79 Å². The van der Waals surface area contributed by atoms with Crippen molar-refractivity contribution in [2.75, 3.05) is 19.8 Å². The number of rotatable bonds is 7. The zero-order chi connectivity index (χ0) is 12.7. The van der Waals surface area contributed by atoms with Crippen molar-refractivity contribution in [1.82, 2.24) is 15.6 Å². The second kappa shape index (κ2) is 6.85. The Hall–Kier alpha value is -1.63. The van der Waals surface area contributed by atoms with Crippen LogP contribution in [0, 0.1) is 6.92 Å². The van der Waals surface area contributed by atoms with E-state index < -0.39 is 6.10 Å². The van der Waals surface area contributed by atoms with Crippen LogP contribution in [0.15, 0.2) is 4.63 Å². The summed E-state index contributed by atoms with van der Waals surface area (Å²) in [5.41, 5.74) is 0.582. The lowest BCUT2D eigenvalue weighted by Gasteiger charge is -2.11. The molecule has 0 saturated heterocycles. The summed E-state index contributed by atoms with van der Waals surface area (Å²) in [6, 6.07) is 0. The van der Waals surface area contributed by atoms with Crippen molar-refractivity contribution in [1.29, 1.82) is 0 Å². The molecule has 7 nitrogen and oxygen atoms in total. The number of hydrogen-bond acceptors (Lipinski definition) is 6. The molecule has 0 aromatic carbocycles. The Morgan fingerprint density at radius 3 is 2.88 bits per heavy atom. The average molecular weight is 243 g/mol. The standard InChI is InChI=1S/C10H17N3O4/c1-4-15-8(3)9(14)11-5-6-16-10-7(2)12-17-13-10/h8H,4-6H2,1-3H3,(H,11,14). The first-order chi connectivity index (χ1) is 8.15. The zero-order valence-corrected chi connectivity index (χ0v) is 10.2. The minimum Gasteiger partial charge on any atom is -0.472 e. The van der Waals surface area contributed by atoms with E-state index in [4.69, 9.17) is 9.47 Å². The Kier molecular flexibility index (Phi) is 5.41. The van der Waals surface area contributed by atoms with E-state index in [-0.39, 0.29) is 5.91 Å². The SMILES string of the molecule is CCOC(C)C(=O)NCCOc1nonc1C. The van der Waals surface area contributed by atoms with Crippen molar-refractivity contribution < 1.29 is 18.9 Å². The van der Waals surface area contributed by atoms with Gasteiger partial charge in [0.25, 0.3) is 5.88 Å². The molecule has 96 valence electrons. The Morgan fingerprint density at radius 2 is 2.29 bits per heavy atom. The summed E-state index contributed by atoms with van der Waals surface area (Å²) in [5, 5.41) is 9.80. The lowest BCUT2D eigenvalue weighted by Crippen LogP contribution is -2.36. The van der Waals surface area contributed by atoms with Gasteiger partial charge in [0, 0.05) is 6.61 Å². The molecule has 1 heterocycles. The highest BCUT2D eigenvalue weighted by molar-refractivity contribution is 5.80. The minimum absolute atomic E-state index is 0.162. The molecule has 0 bridgehead atoms. The molecule has 1 atom stereocenters. The Balaban J connectivity index is 2.16. The molecule has 1 rings (SSSR count). The summed E-state index contributed by atoms with van der Waals surface area (Å²) in [5.74, 6) is 0.183. The number of aromatic nitrogens is 2. The van der Waals surface area contributed by atoms with Crippen LogP contribution < -0.4 is 10.1 Å². The molecule has 1 unspecified atom stereocenters. The number of carbonyl (C=O) groups excluding carboxylic acids is 1. The van der Waals surface area contributed by atoms with Crippen molar-refractivity contribution in [2.24, 2.45) is 0 Å². The van der Waals surface area contributed by atoms with Gasteiger partial charge < -0.3 is 14.8 Å². The molecule has 1 amide bonds. The van der Waals surface area contributed by atoms with Crippen molar-refractivity contribution in [2.45, 2.75) is 26.9 Å². The molecule has 17 heavy (non-hydrogen) atoms. The minimum atomic E-state index is -0.449. The Morgan fingerprint density at radius 1 is 1.53 bits per heavy atom. The van der Waals surface area contributed by atoms with Crippen molar-refractivity contribution in [3.05, 3.63) is 5.69 Å². The number of ether oxygens (including phenoxy) is 2. The topological polar surface area (TPSA) is 86.5 Å². The first-order valence-corrected chi connectivity index (χ1v) is 5.46. The maximum atomic E-state index is 11.4. The number of carbonyl (C=O) groups is 1. The van der Waals surface area contributed by atoms with Crippen LogP contribution in [0.4, 0.5) is 0 Å². The molecule has 0 radical (unpaired) electrons. The number of hydrogen-bond donors (Lipinski definition) is 1. The zero-order valence-electron chi connectivity index (χ0n) is 10.2. The third-order valence-electron chi connectivity index (χ3n) is 2.04. The molecular weight excluding hydrogens is 226 g/mol. The average Bonchev–Trinajstić information content (AvgIpc) is 2.70. The monoisotopic (exact) mass is 243 g/mol. The van der Waals surface area contributed by atoms with E-state index >= 15 is 0 Å². The van der Waals surface area contributed by atoms with Crippen LogP contribution >= 0.6 is 0 Å². The van der Waals surface area contributed by atoms with Crippen molar-refractivity contribution in [3.8, 4) is 5.88 Å². The summed E-state index contributed by atoms with van der Waals surface area (Å²) in [6.45, 7) is 6.46. The number of aryl methyl sites for hydroxylation is 1. The Bertz CT molecular complexity index is 353. The van der Waals surface area contributed by atoms with E-state index in [1.807, 2.05) is 6.92 Å². The third kappa shape index (κ3) is 4.39. The van der Waals surface area contributed by atoms with Gasteiger partial charge in [-0.15, -0.1) is 0 Å². The molecular formula is C10H17N3O4. The van der Waals surface area contributed by atoms with E-state index in [0.29, 0.717) is 31.3 Å². The molecule has 0 saturated carbocycles. The summed E-state index contributed by atoms with van der Waals surface area (Å²) >= 11 is 0. The molecule has 0 fully saturated rings. The predicted molar refractivity (Wildman–Crippen MR) is 58.6 cm³/mol. The summed E-state index contributed by atoms with van der Waals surface area (Å²) in [7, 11) is 0. The van der Waals surface area contributed by atoms with Gasteiger partial charge >= 0.3 is 0 Å². The lowest BCUT2D eigenvalue weighted by atomic mass is 10.4. The van der Waals surface area contributed by atoms with Crippen LogP contribution in [0.5, 0.6) is 5.88 Å². The fourth-order valence-corrected chi connectivity index (χ4v) is 1.15. The second-order valence-electron chi connectivity index (χ2n) is 3.39. The molecule has 1 aromatic rings. The van der Waals surface area contributed by atoms with Gasteiger partial charge in [-0.1, -0.05) is 5.16 Å². The number of nitrogens with zero attached hydrogens (tertiary/aromatic N) is 2. The summed E-state index contributed by atoms with van der Waals surface area (Å²) in [4.78, 5) is 11.4. The molecule has 1 N–H and O–H groups in total. The van der Waals surface area contributed by atoms with E-state index in [1.165, 1.54) is 0 Å². The van der Waals surface area contributed by atoms with E-state index in [9.17, 15) is 4.79 Å². The highest BCUT2D eigenvalue weighted by Gasteiger charge is 2.11. The van der Waals surface area contributed by atoms with Gasteiger partial charge in [-0.05, 0) is 25.9 Å². The fourth-order valence-electron chi connectivity index (χ4n) is 1.15.